The number of aliphatic hydroxyl groups excluding tert-OH is 1. The van der Waals surface area contributed by atoms with E-state index < -0.39 is 6.10 Å². The molecule has 1 aliphatic heterocycles. The molecule has 2 heterocycles. The van der Waals surface area contributed by atoms with Gasteiger partial charge in [0.2, 0.25) is 5.91 Å². The van der Waals surface area contributed by atoms with Gasteiger partial charge in [-0.15, -0.1) is 0 Å². The molecule has 22 heavy (non-hydrogen) atoms. The number of aromatic nitrogens is 1. The molecule has 116 valence electrons. The summed E-state index contributed by atoms with van der Waals surface area (Å²) in [5.41, 5.74) is 1.83. The van der Waals surface area contributed by atoms with Crippen LogP contribution in [0, 0.1) is 12.8 Å². The first-order chi connectivity index (χ1) is 10.6. The van der Waals surface area contributed by atoms with E-state index in [4.69, 9.17) is 4.52 Å². The summed E-state index contributed by atoms with van der Waals surface area (Å²) in [6.45, 7) is 2.82. The van der Waals surface area contributed by atoms with Crippen LogP contribution < -0.4 is 0 Å². The molecule has 0 bridgehead atoms. The van der Waals surface area contributed by atoms with E-state index in [0.29, 0.717) is 25.9 Å². The second-order valence-electron chi connectivity index (χ2n) is 5.93. The van der Waals surface area contributed by atoms with Crippen LogP contribution in [0.2, 0.25) is 0 Å². The van der Waals surface area contributed by atoms with Gasteiger partial charge in [-0.2, -0.15) is 0 Å². The molecular formula is C17H20N2O3. The smallest absolute Gasteiger partial charge is 0.227 e. The lowest BCUT2D eigenvalue weighted by Gasteiger charge is -2.15. The summed E-state index contributed by atoms with van der Waals surface area (Å²) in [6, 6.07) is 11.6. The van der Waals surface area contributed by atoms with Crippen molar-refractivity contribution in [1.82, 2.24) is 10.1 Å². The summed E-state index contributed by atoms with van der Waals surface area (Å²) < 4.78 is 5.20. The van der Waals surface area contributed by atoms with Crippen molar-refractivity contribution in [3.05, 3.63) is 53.4 Å². The number of benzene rings is 1. The fourth-order valence-electron chi connectivity index (χ4n) is 2.91. The minimum atomic E-state index is -0.509. The number of aliphatic hydroxyl groups is 1. The summed E-state index contributed by atoms with van der Waals surface area (Å²) in [7, 11) is 0. The molecule has 1 aromatic carbocycles. The molecule has 1 amide bonds. The molecule has 1 saturated heterocycles. The third kappa shape index (κ3) is 3.36. The standard InChI is InChI=1S/C17H20N2O3/c1-12-7-15(22-18-12)9-14-10-19(11-16(14)20)17(21)8-13-5-3-2-4-6-13/h2-7,14,16,20H,8-11H2,1H3/t14-,16+/m1/s1. The highest BCUT2D eigenvalue weighted by Crippen LogP contribution is 2.22. The summed E-state index contributed by atoms with van der Waals surface area (Å²) in [6.07, 6.45) is 0.476. The molecule has 5 heteroatoms. The van der Waals surface area contributed by atoms with E-state index in [1.54, 1.807) is 4.90 Å². The van der Waals surface area contributed by atoms with Crippen molar-refractivity contribution in [2.75, 3.05) is 13.1 Å². The van der Waals surface area contributed by atoms with Gasteiger partial charge in [-0.05, 0) is 12.5 Å². The maximum absolute atomic E-state index is 12.3. The Balaban J connectivity index is 1.59. The van der Waals surface area contributed by atoms with Crippen LogP contribution in [-0.2, 0) is 17.6 Å². The summed E-state index contributed by atoms with van der Waals surface area (Å²) in [5.74, 6) is 0.826. The number of carbonyl (C=O) groups is 1. The van der Waals surface area contributed by atoms with Crippen LogP contribution in [0.5, 0.6) is 0 Å². The lowest BCUT2D eigenvalue weighted by atomic mass is 10.0. The average molecular weight is 300 g/mol. The van der Waals surface area contributed by atoms with E-state index in [1.165, 1.54) is 0 Å². The van der Waals surface area contributed by atoms with Crippen LogP contribution in [-0.4, -0.2) is 40.3 Å². The van der Waals surface area contributed by atoms with Gasteiger partial charge in [0.05, 0.1) is 18.2 Å². The van der Waals surface area contributed by atoms with Crippen LogP contribution in [0.4, 0.5) is 0 Å². The lowest BCUT2D eigenvalue weighted by molar-refractivity contribution is -0.129. The van der Waals surface area contributed by atoms with Gasteiger partial charge in [-0.3, -0.25) is 4.79 Å². The third-order valence-electron chi connectivity index (χ3n) is 4.10. The molecule has 0 aliphatic carbocycles. The molecule has 2 aromatic rings. The number of β-amino-alcohol motifs (C(OH)–C–C–N with tert-alkyl or cyclic N) is 1. The predicted molar refractivity (Wildman–Crippen MR) is 81.2 cm³/mol. The Morgan fingerprint density at radius 3 is 2.82 bits per heavy atom. The first-order valence-electron chi connectivity index (χ1n) is 7.54. The van der Waals surface area contributed by atoms with Crippen molar-refractivity contribution in [2.45, 2.75) is 25.9 Å². The fraction of sp³-hybridized carbons (Fsp3) is 0.412. The SMILES string of the molecule is Cc1cc(C[C@@H]2CN(C(=O)Cc3ccccc3)C[C@@H]2O)on1. The first-order valence-corrected chi connectivity index (χ1v) is 7.54. The quantitative estimate of drug-likeness (QED) is 0.931. The van der Waals surface area contributed by atoms with Crippen LogP contribution in [0.25, 0.3) is 0 Å². The highest BCUT2D eigenvalue weighted by molar-refractivity contribution is 5.79. The van der Waals surface area contributed by atoms with E-state index in [2.05, 4.69) is 5.16 Å². The highest BCUT2D eigenvalue weighted by Gasteiger charge is 2.34. The van der Waals surface area contributed by atoms with E-state index in [-0.39, 0.29) is 11.8 Å². The molecule has 0 saturated carbocycles. The number of likely N-dealkylation sites (tertiary alicyclic amines) is 1. The van der Waals surface area contributed by atoms with Crippen LogP contribution in [0.15, 0.2) is 40.9 Å². The summed E-state index contributed by atoms with van der Waals surface area (Å²) in [5, 5.41) is 14.0. The molecule has 0 spiro atoms. The molecular weight excluding hydrogens is 280 g/mol. The normalized spacial score (nSPS) is 21.3. The Morgan fingerprint density at radius 2 is 2.14 bits per heavy atom. The zero-order valence-corrected chi connectivity index (χ0v) is 12.6. The number of nitrogens with zero attached hydrogens (tertiary/aromatic N) is 2. The Bertz CT molecular complexity index is 638. The van der Waals surface area contributed by atoms with Crippen molar-refractivity contribution in [3.8, 4) is 0 Å². The van der Waals surface area contributed by atoms with E-state index in [0.717, 1.165) is 17.0 Å². The minimum Gasteiger partial charge on any atom is -0.391 e. The van der Waals surface area contributed by atoms with Gasteiger partial charge in [-0.1, -0.05) is 35.5 Å². The number of aryl methyl sites for hydroxylation is 1. The van der Waals surface area contributed by atoms with Crippen LogP contribution in [0.3, 0.4) is 0 Å². The second-order valence-corrected chi connectivity index (χ2v) is 5.93. The van der Waals surface area contributed by atoms with Gasteiger partial charge in [-0.25, -0.2) is 0 Å². The molecule has 1 fully saturated rings. The Labute approximate surface area is 129 Å². The van der Waals surface area contributed by atoms with Gasteiger partial charge in [0.25, 0.3) is 0 Å². The highest BCUT2D eigenvalue weighted by atomic mass is 16.5. The van der Waals surface area contributed by atoms with Crippen molar-refractivity contribution < 1.29 is 14.4 Å². The average Bonchev–Trinajstić information content (AvgIpc) is 3.07. The fourth-order valence-corrected chi connectivity index (χ4v) is 2.91. The van der Waals surface area contributed by atoms with Crippen LogP contribution >= 0.6 is 0 Å². The zero-order valence-electron chi connectivity index (χ0n) is 12.6. The summed E-state index contributed by atoms with van der Waals surface area (Å²) in [4.78, 5) is 14.1. The number of amides is 1. The second kappa shape index (κ2) is 6.32. The molecule has 3 rings (SSSR count). The van der Waals surface area contributed by atoms with Gasteiger partial charge >= 0.3 is 0 Å². The number of carbonyl (C=O) groups excluding carboxylic acids is 1. The Kier molecular flexibility index (Phi) is 4.24. The van der Waals surface area contributed by atoms with Gasteiger partial charge < -0.3 is 14.5 Å². The molecule has 5 nitrogen and oxygen atoms in total. The maximum Gasteiger partial charge on any atom is 0.227 e. The van der Waals surface area contributed by atoms with Gasteiger partial charge in [0, 0.05) is 31.5 Å². The molecule has 0 unspecified atom stereocenters. The van der Waals surface area contributed by atoms with Gasteiger partial charge in [0.1, 0.15) is 5.76 Å². The minimum absolute atomic E-state index is 0.00655. The van der Waals surface area contributed by atoms with Crippen molar-refractivity contribution in [1.29, 1.82) is 0 Å². The lowest BCUT2D eigenvalue weighted by Crippen LogP contribution is -2.30. The van der Waals surface area contributed by atoms with E-state index in [1.807, 2.05) is 43.3 Å². The maximum atomic E-state index is 12.3. The van der Waals surface area contributed by atoms with Crippen molar-refractivity contribution >= 4 is 5.91 Å². The van der Waals surface area contributed by atoms with E-state index >= 15 is 0 Å². The molecule has 0 radical (unpaired) electrons. The third-order valence-corrected chi connectivity index (χ3v) is 4.10. The molecule has 1 N–H and O–H groups in total. The topological polar surface area (TPSA) is 66.6 Å². The molecule has 1 aromatic heterocycles. The number of rotatable bonds is 4. The van der Waals surface area contributed by atoms with E-state index in [9.17, 15) is 9.90 Å². The summed E-state index contributed by atoms with van der Waals surface area (Å²) >= 11 is 0. The number of hydrogen-bond donors (Lipinski definition) is 1. The molecule has 2 atom stereocenters. The van der Waals surface area contributed by atoms with Crippen molar-refractivity contribution in [3.63, 3.8) is 0 Å². The first kappa shape index (κ1) is 14.8. The predicted octanol–water partition coefficient (Wildman–Crippen LogP) is 1.59. The molecule has 1 aliphatic rings. The van der Waals surface area contributed by atoms with Crippen molar-refractivity contribution in [2.24, 2.45) is 5.92 Å². The number of hydrogen-bond acceptors (Lipinski definition) is 4. The van der Waals surface area contributed by atoms with Crippen LogP contribution in [0.1, 0.15) is 17.0 Å². The zero-order chi connectivity index (χ0) is 15.5. The van der Waals surface area contributed by atoms with Gasteiger partial charge in [0.15, 0.2) is 0 Å². The monoisotopic (exact) mass is 300 g/mol. The Hall–Kier alpha value is -2.14. The largest absolute Gasteiger partial charge is 0.391 e. The Morgan fingerprint density at radius 1 is 1.36 bits per heavy atom.